The molecule has 4 aliphatic rings. The highest BCUT2D eigenvalue weighted by molar-refractivity contribution is 5.66. The zero-order valence-corrected chi connectivity index (χ0v) is 23.4. The van der Waals surface area contributed by atoms with E-state index >= 15 is 0 Å². The van der Waals surface area contributed by atoms with Crippen LogP contribution in [0.5, 0.6) is 0 Å². The van der Waals surface area contributed by atoms with Crippen LogP contribution in [0.3, 0.4) is 0 Å². The van der Waals surface area contributed by atoms with Crippen molar-refractivity contribution in [2.45, 2.75) is 103 Å². The van der Waals surface area contributed by atoms with Gasteiger partial charge >= 0.3 is 5.97 Å². The predicted molar refractivity (Wildman–Crippen MR) is 149 cm³/mol. The van der Waals surface area contributed by atoms with Crippen LogP contribution in [0, 0.1) is 58.7 Å². The summed E-state index contributed by atoms with van der Waals surface area (Å²) in [6.45, 7) is 6.72. The molecule has 5 rings (SSSR count). The molecule has 0 radical (unpaired) electrons. The van der Waals surface area contributed by atoms with Gasteiger partial charge in [-0.05, 0) is 103 Å². The van der Waals surface area contributed by atoms with Crippen molar-refractivity contribution >= 4 is 5.97 Å². The van der Waals surface area contributed by atoms with E-state index in [1.54, 1.807) is 0 Å². The topological polar surface area (TPSA) is 98.0 Å². The molecule has 210 valence electrons. The van der Waals surface area contributed by atoms with Gasteiger partial charge in [0.25, 0.3) is 0 Å². The third-order valence-corrected chi connectivity index (χ3v) is 11.5. The van der Waals surface area contributed by atoms with E-state index in [1.807, 2.05) is 30.3 Å². The van der Waals surface area contributed by atoms with Gasteiger partial charge in [-0.15, -0.1) is 12.3 Å². The molecule has 0 bridgehead atoms. The summed E-state index contributed by atoms with van der Waals surface area (Å²) in [5, 5.41) is 42.0. The molecule has 3 unspecified atom stereocenters. The van der Waals surface area contributed by atoms with Crippen molar-refractivity contribution in [3.63, 3.8) is 0 Å². The lowest BCUT2D eigenvalue weighted by atomic mass is 9.43. The molecule has 5 heteroatoms. The van der Waals surface area contributed by atoms with Gasteiger partial charge in [0.15, 0.2) is 0 Å². The second-order valence-electron chi connectivity index (χ2n) is 13.3. The highest BCUT2D eigenvalue weighted by Crippen LogP contribution is 2.68. The molecule has 4 saturated carbocycles. The van der Waals surface area contributed by atoms with Crippen LogP contribution in [-0.4, -0.2) is 44.7 Å². The monoisotopic (exact) mass is 524 g/mol. The molecule has 11 atom stereocenters. The van der Waals surface area contributed by atoms with Gasteiger partial charge in [0.2, 0.25) is 0 Å². The predicted octanol–water partition coefficient (Wildman–Crippen LogP) is 5.31. The molecular formula is C33H48O5. The highest BCUT2D eigenvalue weighted by Gasteiger charge is 2.65. The summed E-state index contributed by atoms with van der Waals surface area (Å²) in [5.41, 5.74) is 1.07. The first-order chi connectivity index (χ1) is 18.0. The zero-order valence-electron chi connectivity index (χ0n) is 23.4. The number of carboxylic acids is 1. The molecule has 5 nitrogen and oxygen atoms in total. The number of rotatable bonds is 5. The van der Waals surface area contributed by atoms with Crippen LogP contribution >= 0.6 is 0 Å². The molecule has 4 fully saturated rings. The first kappa shape index (κ1) is 29.1. The van der Waals surface area contributed by atoms with Crippen LogP contribution in [0.2, 0.25) is 0 Å². The quantitative estimate of drug-likeness (QED) is 0.391. The van der Waals surface area contributed by atoms with E-state index < -0.39 is 12.1 Å². The van der Waals surface area contributed by atoms with Crippen LogP contribution in [0.15, 0.2) is 30.3 Å². The Labute approximate surface area is 229 Å². The Balaban J connectivity index is 0.000000317. The molecule has 1 aromatic carbocycles. The van der Waals surface area contributed by atoms with Crippen molar-refractivity contribution in [1.82, 2.24) is 0 Å². The molecule has 0 heterocycles. The Bertz CT molecular complexity index is 987. The molecule has 1 aromatic rings. The lowest BCUT2D eigenvalue weighted by Gasteiger charge is -2.63. The van der Waals surface area contributed by atoms with Gasteiger partial charge in [0.1, 0.15) is 0 Å². The van der Waals surface area contributed by atoms with E-state index in [1.165, 1.54) is 5.56 Å². The number of aliphatic hydroxyl groups excluding tert-OH is 3. The molecule has 0 aliphatic heterocycles. The number of hydrogen-bond donors (Lipinski definition) is 4. The summed E-state index contributed by atoms with van der Waals surface area (Å²) < 4.78 is 0. The summed E-state index contributed by atoms with van der Waals surface area (Å²) in [4.78, 5) is 11.1. The zero-order chi connectivity index (χ0) is 27.7. The normalized spacial score (nSPS) is 42.3. The van der Waals surface area contributed by atoms with Gasteiger partial charge in [-0.1, -0.05) is 51.1 Å². The number of aliphatic carboxylic acids is 1. The maximum atomic E-state index is 11.5. The lowest BCUT2D eigenvalue weighted by Crippen LogP contribution is -2.62. The minimum atomic E-state index is -0.748. The van der Waals surface area contributed by atoms with Gasteiger partial charge in [0.05, 0.1) is 18.3 Å². The van der Waals surface area contributed by atoms with Gasteiger partial charge in [-0.25, -0.2) is 0 Å². The second-order valence-corrected chi connectivity index (χ2v) is 13.3. The van der Waals surface area contributed by atoms with Gasteiger partial charge < -0.3 is 20.4 Å². The Hall–Kier alpha value is -1.87. The molecule has 0 amide bonds. The third kappa shape index (κ3) is 5.42. The molecule has 4 aliphatic carbocycles. The fourth-order valence-electron chi connectivity index (χ4n) is 9.40. The molecule has 0 spiro atoms. The number of terminal acetylenes is 1. The third-order valence-electron chi connectivity index (χ3n) is 11.5. The number of carbonyl (C=O) groups is 1. The summed E-state index contributed by atoms with van der Waals surface area (Å²) >= 11 is 0. The number of fused-ring (bicyclic) bond motifs is 5. The van der Waals surface area contributed by atoms with Crippen molar-refractivity contribution in [2.75, 3.05) is 0 Å². The molecule has 0 aromatic heterocycles. The maximum absolute atomic E-state index is 11.5. The maximum Gasteiger partial charge on any atom is 0.303 e. The fourth-order valence-corrected chi connectivity index (χ4v) is 9.40. The van der Waals surface area contributed by atoms with Gasteiger partial charge in [-0.2, -0.15) is 0 Å². The molecule has 38 heavy (non-hydrogen) atoms. The Morgan fingerprint density at radius 2 is 1.76 bits per heavy atom. The smallest absolute Gasteiger partial charge is 0.303 e. The first-order valence-electron chi connectivity index (χ1n) is 14.8. The van der Waals surface area contributed by atoms with E-state index in [4.69, 9.17) is 11.5 Å². The lowest BCUT2D eigenvalue weighted by molar-refractivity contribution is -0.207. The highest BCUT2D eigenvalue weighted by atomic mass is 16.4. The summed E-state index contributed by atoms with van der Waals surface area (Å²) in [7, 11) is 0. The average molecular weight is 525 g/mol. The van der Waals surface area contributed by atoms with E-state index in [9.17, 15) is 20.1 Å². The Morgan fingerprint density at radius 3 is 2.42 bits per heavy atom. The van der Waals surface area contributed by atoms with Gasteiger partial charge in [-0.3, -0.25) is 4.79 Å². The first-order valence-corrected chi connectivity index (χ1v) is 14.8. The van der Waals surface area contributed by atoms with Crippen molar-refractivity contribution in [3.8, 4) is 12.3 Å². The van der Waals surface area contributed by atoms with Crippen LogP contribution < -0.4 is 0 Å². The van der Waals surface area contributed by atoms with Crippen LogP contribution in [0.1, 0.15) is 84.1 Å². The van der Waals surface area contributed by atoms with Crippen molar-refractivity contribution in [3.05, 3.63) is 35.9 Å². The summed E-state index contributed by atoms with van der Waals surface area (Å²) in [6, 6.07) is 10.0. The molecule has 4 N–H and O–H groups in total. The van der Waals surface area contributed by atoms with E-state index in [2.05, 4.69) is 26.7 Å². The van der Waals surface area contributed by atoms with Crippen LogP contribution in [-0.2, 0) is 11.2 Å². The Morgan fingerprint density at radius 1 is 1.05 bits per heavy atom. The second kappa shape index (κ2) is 11.7. The largest absolute Gasteiger partial charge is 0.481 e. The summed E-state index contributed by atoms with van der Waals surface area (Å²) in [5.74, 6) is 3.58. The van der Waals surface area contributed by atoms with Crippen molar-refractivity contribution in [1.29, 1.82) is 0 Å². The van der Waals surface area contributed by atoms with Crippen LogP contribution in [0.25, 0.3) is 0 Å². The average Bonchev–Trinajstić information content (AvgIpc) is 3.24. The van der Waals surface area contributed by atoms with Crippen LogP contribution in [0.4, 0.5) is 0 Å². The Kier molecular flexibility index (Phi) is 8.97. The number of benzene rings is 1. The minimum Gasteiger partial charge on any atom is -0.481 e. The molecular weight excluding hydrogens is 476 g/mol. The van der Waals surface area contributed by atoms with E-state index in [0.717, 1.165) is 51.4 Å². The SMILES string of the molecule is C#CCc1ccccc1.C[C@H](CCC(=O)O)[C@H]1CCC2C3C(C[C@H](O)[C@@]21C)[C@@]1(C)CC[C@H](O)C[C@H]1C[C@H]3O. The number of carboxylic acid groups (broad SMARTS) is 1. The number of aliphatic hydroxyl groups is 3. The standard InChI is InChI=1S/C24H40O5.C9H8/c1-13(4-7-21(28)29)16-5-6-17-22-18(12-20(27)24(16,17)3)23(2)9-8-15(25)10-14(23)11-19(22)26;1-2-6-9-7-4-3-5-8-9/h13-20,22,25-27H,4-12H2,1-3H3,(H,28,29);1,3-5,7-8H,6H2/t13-,14+,15+,16-,17?,18?,19-,20+,22?,23+,24-;/m1./s1. The number of hydrogen-bond acceptors (Lipinski definition) is 4. The van der Waals surface area contributed by atoms with E-state index in [-0.39, 0.29) is 41.3 Å². The summed E-state index contributed by atoms with van der Waals surface area (Å²) in [6.07, 6.45) is 11.8. The van der Waals surface area contributed by atoms with Gasteiger partial charge in [0, 0.05) is 12.8 Å². The van der Waals surface area contributed by atoms with Crippen molar-refractivity contribution < 1.29 is 25.2 Å². The fraction of sp³-hybridized carbons (Fsp3) is 0.727. The molecule has 0 saturated heterocycles. The van der Waals surface area contributed by atoms with Crippen molar-refractivity contribution in [2.24, 2.45) is 46.3 Å². The van der Waals surface area contributed by atoms with E-state index in [0.29, 0.717) is 30.1 Å². The minimum absolute atomic E-state index is 0.0957.